The first-order valence-corrected chi connectivity index (χ1v) is 10.5. The molecular weight excluding hydrogens is 436 g/mol. The number of ketones is 1. The van der Waals surface area contributed by atoms with Crippen molar-refractivity contribution >= 4 is 17.4 Å². The normalized spacial score (nSPS) is 17.0. The fraction of sp³-hybridized carbons (Fsp3) is 0.192. The fourth-order valence-corrected chi connectivity index (χ4v) is 4.09. The van der Waals surface area contributed by atoms with Crippen LogP contribution >= 0.6 is 0 Å². The van der Waals surface area contributed by atoms with Crippen LogP contribution in [0.5, 0.6) is 17.2 Å². The molecule has 0 spiro atoms. The molecule has 2 aromatic carbocycles. The van der Waals surface area contributed by atoms with Crippen LogP contribution in [0.1, 0.15) is 22.7 Å². The van der Waals surface area contributed by atoms with Crippen molar-refractivity contribution in [3.8, 4) is 17.2 Å². The zero-order chi connectivity index (χ0) is 24.2. The van der Waals surface area contributed by atoms with Gasteiger partial charge in [0.2, 0.25) is 0 Å². The van der Waals surface area contributed by atoms with E-state index in [1.807, 2.05) is 6.07 Å². The first-order chi connectivity index (χ1) is 16.5. The van der Waals surface area contributed by atoms with Gasteiger partial charge in [0.25, 0.3) is 11.7 Å². The van der Waals surface area contributed by atoms with E-state index in [1.54, 1.807) is 60.9 Å². The fourth-order valence-electron chi connectivity index (χ4n) is 4.09. The second kappa shape index (κ2) is 9.66. The molecule has 0 bridgehead atoms. The molecular formula is C26H24N2O6. The zero-order valence-electron chi connectivity index (χ0n) is 19.0. The lowest BCUT2D eigenvalue weighted by molar-refractivity contribution is -0.140. The first-order valence-electron chi connectivity index (χ1n) is 10.5. The number of carbonyl (C=O) groups excluding carboxylic acids is 2. The van der Waals surface area contributed by atoms with E-state index in [-0.39, 0.29) is 17.9 Å². The van der Waals surface area contributed by atoms with Crippen molar-refractivity contribution in [1.29, 1.82) is 0 Å². The Morgan fingerprint density at radius 1 is 0.971 bits per heavy atom. The molecule has 1 amide bonds. The standard InChI is InChI=1S/C26H24N2O6/c1-32-18-11-9-17(10-12-18)23(29)21-22(19-7-4-8-20(33-2)25(19)34-3)28(26(31)24(21)30)15-16-6-5-13-27-14-16/h4-14,22,29H,15H2,1-3H3. The molecule has 8 heteroatoms. The summed E-state index contributed by atoms with van der Waals surface area (Å²) in [5, 5.41) is 11.2. The van der Waals surface area contributed by atoms with Crippen LogP contribution in [0.25, 0.3) is 5.76 Å². The number of ether oxygens (including phenoxy) is 3. The van der Waals surface area contributed by atoms with Gasteiger partial charge in [0.1, 0.15) is 11.5 Å². The van der Waals surface area contributed by atoms with E-state index in [0.717, 1.165) is 5.56 Å². The Morgan fingerprint density at radius 3 is 2.35 bits per heavy atom. The highest BCUT2D eigenvalue weighted by molar-refractivity contribution is 6.46. The molecule has 1 N–H and O–H groups in total. The molecule has 1 saturated heterocycles. The summed E-state index contributed by atoms with van der Waals surface area (Å²) in [4.78, 5) is 32.0. The molecule has 174 valence electrons. The molecule has 1 fully saturated rings. The second-order valence-corrected chi connectivity index (χ2v) is 7.60. The molecule has 3 aromatic rings. The molecule has 0 radical (unpaired) electrons. The predicted molar refractivity (Wildman–Crippen MR) is 125 cm³/mol. The Kier molecular flexibility index (Phi) is 6.49. The van der Waals surface area contributed by atoms with E-state index >= 15 is 0 Å². The number of methoxy groups -OCH3 is 3. The molecule has 0 saturated carbocycles. The summed E-state index contributed by atoms with van der Waals surface area (Å²) in [6, 6.07) is 14.5. The quantitative estimate of drug-likeness (QED) is 0.326. The molecule has 8 nitrogen and oxygen atoms in total. The summed E-state index contributed by atoms with van der Waals surface area (Å²) < 4.78 is 16.2. The van der Waals surface area contributed by atoms with Crippen molar-refractivity contribution in [2.24, 2.45) is 0 Å². The molecule has 1 unspecified atom stereocenters. The van der Waals surface area contributed by atoms with Gasteiger partial charge in [-0.15, -0.1) is 0 Å². The SMILES string of the molecule is COc1ccc(C(O)=C2C(=O)C(=O)N(Cc3cccnc3)C2c2cccc(OC)c2OC)cc1. The van der Waals surface area contributed by atoms with Crippen molar-refractivity contribution in [3.05, 3.63) is 89.3 Å². The minimum Gasteiger partial charge on any atom is -0.507 e. The van der Waals surface area contributed by atoms with E-state index in [9.17, 15) is 14.7 Å². The Bertz CT molecular complexity index is 1240. The number of benzene rings is 2. The van der Waals surface area contributed by atoms with Gasteiger partial charge in [0, 0.05) is 30.1 Å². The van der Waals surface area contributed by atoms with Crippen LogP contribution in [0.4, 0.5) is 0 Å². The maximum Gasteiger partial charge on any atom is 0.295 e. The van der Waals surface area contributed by atoms with Crippen LogP contribution in [-0.4, -0.2) is 48.0 Å². The molecule has 1 aromatic heterocycles. The van der Waals surface area contributed by atoms with E-state index < -0.39 is 17.7 Å². The molecule has 1 atom stereocenters. The van der Waals surface area contributed by atoms with Crippen molar-refractivity contribution in [2.75, 3.05) is 21.3 Å². The predicted octanol–water partition coefficient (Wildman–Crippen LogP) is 3.73. The van der Waals surface area contributed by atoms with Crippen molar-refractivity contribution in [3.63, 3.8) is 0 Å². The van der Waals surface area contributed by atoms with E-state index in [0.29, 0.717) is 28.4 Å². The highest BCUT2D eigenvalue weighted by Crippen LogP contribution is 2.46. The van der Waals surface area contributed by atoms with Crippen LogP contribution in [0.2, 0.25) is 0 Å². The molecule has 1 aliphatic heterocycles. The number of hydrogen-bond donors (Lipinski definition) is 1. The van der Waals surface area contributed by atoms with Crippen LogP contribution in [0, 0.1) is 0 Å². The van der Waals surface area contributed by atoms with Gasteiger partial charge in [-0.2, -0.15) is 0 Å². The monoisotopic (exact) mass is 460 g/mol. The Labute approximate surface area is 197 Å². The summed E-state index contributed by atoms with van der Waals surface area (Å²) >= 11 is 0. The van der Waals surface area contributed by atoms with Gasteiger partial charge in [-0.25, -0.2) is 0 Å². The number of para-hydroxylation sites is 1. The number of pyridine rings is 1. The average molecular weight is 460 g/mol. The summed E-state index contributed by atoms with van der Waals surface area (Å²) in [6.07, 6.45) is 3.26. The lowest BCUT2D eigenvalue weighted by Gasteiger charge is -2.27. The van der Waals surface area contributed by atoms with Crippen molar-refractivity contribution in [2.45, 2.75) is 12.6 Å². The van der Waals surface area contributed by atoms with Gasteiger partial charge < -0.3 is 24.2 Å². The summed E-state index contributed by atoms with van der Waals surface area (Å²) in [5.74, 6) is -0.393. The number of nitrogens with zero attached hydrogens (tertiary/aromatic N) is 2. The van der Waals surface area contributed by atoms with E-state index in [2.05, 4.69) is 4.98 Å². The van der Waals surface area contributed by atoms with Gasteiger partial charge in [-0.3, -0.25) is 14.6 Å². The number of Topliss-reactive ketones (excluding diaryl/α,β-unsaturated/α-hetero) is 1. The minimum absolute atomic E-state index is 0.0365. The molecule has 1 aliphatic rings. The number of rotatable bonds is 7. The highest BCUT2D eigenvalue weighted by Gasteiger charge is 2.47. The lowest BCUT2D eigenvalue weighted by Crippen LogP contribution is -2.29. The second-order valence-electron chi connectivity index (χ2n) is 7.60. The largest absolute Gasteiger partial charge is 0.507 e. The van der Waals surface area contributed by atoms with E-state index in [4.69, 9.17) is 14.2 Å². The lowest BCUT2D eigenvalue weighted by atomic mass is 9.94. The third-order valence-corrected chi connectivity index (χ3v) is 5.71. The smallest absolute Gasteiger partial charge is 0.295 e. The van der Waals surface area contributed by atoms with Gasteiger partial charge in [-0.05, 0) is 42.0 Å². The Morgan fingerprint density at radius 2 is 1.74 bits per heavy atom. The summed E-state index contributed by atoms with van der Waals surface area (Å²) in [5.41, 5.74) is 1.60. The van der Waals surface area contributed by atoms with Crippen LogP contribution in [0.15, 0.2) is 72.6 Å². The topological polar surface area (TPSA) is 98.2 Å². The first kappa shape index (κ1) is 22.8. The Balaban J connectivity index is 1.92. The maximum atomic E-state index is 13.3. The average Bonchev–Trinajstić information content (AvgIpc) is 3.13. The van der Waals surface area contributed by atoms with E-state index in [1.165, 1.54) is 26.2 Å². The molecule has 4 rings (SSSR count). The van der Waals surface area contributed by atoms with Gasteiger partial charge in [0.05, 0.1) is 32.9 Å². The minimum atomic E-state index is -0.910. The third-order valence-electron chi connectivity index (χ3n) is 5.71. The number of carbonyl (C=O) groups is 2. The van der Waals surface area contributed by atoms with Crippen LogP contribution in [-0.2, 0) is 16.1 Å². The molecule has 34 heavy (non-hydrogen) atoms. The van der Waals surface area contributed by atoms with Gasteiger partial charge in [0.15, 0.2) is 11.5 Å². The molecule has 2 heterocycles. The number of aliphatic hydroxyl groups excluding tert-OH is 1. The van der Waals surface area contributed by atoms with Gasteiger partial charge in [-0.1, -0.05) is 18.2 Å². The number of hydrogen-bond acceptors (Lipinski definition) is 7. The molecule has 0 aliphatic carbocycles. The highest BCUT2D eigenvalue weighted by atomic mass is 16.5. The summed E-state index contributed by atoms with van der Waals surface area (Å²) in [6.45, 7) is 0.114. The van der Waals surface area contributed by atoms with Gasteiger partial charge >= 0.3 is 0 Å². The maximum absolute atomic E-state index is 13.3. The van der Waals surface area contributed by atoms with Crippen LogP contribution in [0.3, 0.4) is 0 Å². The zero-order valence-corrected chi connectivity index (χ0v) is 19.0. The van der Waals surface area contributed by atoms with Crippen LogP contribution < -0.4 is 14.2 Å². The number of aromatic nitrogens is 1. The third kappa shape index (κ3) is 4.05. The van der Waals surface area contributed by atoms with Crippen molar-refractivity contribution < 1.29 is 28.9 Å². The number of likely N-dealkylation sites (tertiary alicyclic amines) is 1. The summed E-state index contributed by atoms with van der Waals surface area (Å²) in [7, 11) is 4.53. The van der Waals surface area contributed by atoms with Crippen molar-refractivity contribution in [1.82, 2.24) is 9.88 Å². The Hall–Kier alpha value is -4.33. The number of aliphatic hydroxyl groups is 1. The number of amides is 1.